The van der Waals surface area contributed by atoms with Crippen LogP contribution in [0, 0.1) is 10.1 Å². The fourth-order valence-electron chi connectivity index (χ4n) is 2.72. The third-order valence-electron chi connectivity index (χ3n) is 3.94. The molecule has 5 heteroatoms. The van der Waals surface area contributed by atoms with Gasteiger partial charge in [0.15, 0.2) is 0 Å². The molecule has 0 saturated heterocycles. The summed E-state index contributed by atoms with van der Waals surface area (Å²) in [7, 11) is 0. The maximum Gasteiger partial charge on any atom is 0.292 e. The fourth-order valence-corrected chi connectivity index (χ4v) is 2.98. The number of hydrogen-bond donors (Lipinski definition) is 1. The second kappa shape index (κ2) is 5.85. The van der Waals surface area contributed by atoms with Crippen LogP contribution in [0.15, 0.2) is 53.0 Å². The zero-order chi connectivity index (χ0) is 14.8. The minimum Gasteiger partial charge on any atom is -0.377 e. The lowest BCUT2D eigenvalue weighted by atomic mass is 9.76. The van der Waals surface area contributed by atoms with Crippen molar-refractivity contribution in [2.75, 3.05) is 5.32 Å². The van der Waals surface area contributed by atoms with Crippen LogP contribution in [0.2, 0.25) is 0 Å². The Balaban J connectivity index is 1.62. The summed E-state index contributed by atoms with van der Waals surface area (Å²) < 4.78 is 1.08. The number of rotatable bonds is 4. The third-order valence-corrected chi connectivity index (χ3v) is 4.47. The molecule has 0 bridgehead atoms. The Morgan fingerprint density at radius 3 is 2.43 bits per heavy atom. The Labute approximate surface area is 131 Å². The molecule has 0 aliphatic heterocycles. The van der Waals surface area contributed by atoms with Crippen LogP contribution in [0.3, 0.4) is 0 Å². The van der Waals surface area contributed by atoms with Crippen molar-refractivity contribution in [2.45, 2.75) is 24.8 Å². The van der Waals surface area contributed by atoms with Crippen molar-refractivity contribution >= 4 is 27.3 Å². The number of nitrogens with zero attached hydrogens (tertiary/aromatic N) is 1. The van der Waals surface area contributed by atoms with Crippen LogP contribution in [0.4, 0.5) is 11.4 Å². The molecule has 1 fully saturated rings. The average molecular weight is 347 g/mol. The predicted molar refractivity (Wildman–Crippen MR) is 86.6 cm³/mol. The van der Waals surface area contributed by atoms with Gasteiger partial charge >= 0.3 is 0 Å². The van der Waals surface area contributed by atoms with Gasteiger partial charge in [-0.1, -0.05) is 40.2 Å². The SMILES string of the molecule is O=[N+]([O-])c1ccccc1NC1CC(c2ccc(Br)cc2)C1. The van der Waals surface area contributed by atoms with Crippen molar-refractivity contribution in [2.24, 2.45) is 0 Å². The molecule has 0 aromatic heterocycles. The van der Waals surface area contributed by atoms with Crippen molar-refractivity contribution in [3.05, 3.63) is 68.7 Å². The standard InChI is InChI=1S/C16H15BrN2O2/c17-13-7-5-11(6-8-13)12-9-14(10-12)18-15-3-1-2-4-16(15)19(20)21/h1-8,12,14,18H,9-10H2. The van der Waals surface area contributed by atoms with Gasteiger partial charge in [0.05, 0.1) is 4.92 Å². The van der Waals surface area contributed by atoms with E-state index in [1.165, 1.54) is 11.6 Å². The highest BCUT2D eigenvalue weighted by atomic mass is 79.9. The van der Waals surface area contributed by atoms with Crippen LogP contribution < -0.4 is 5.32 Å². The summed E-state index contributed by atoms with van der Waals surface area (Å²) in [6.45, 7) is 0. The number of nitrogens with one attached hydrogen (secondary N) is 1. The Morgan fingerprint density at radius 1 is 1.10 bits per heavy atom. The van der Waals surface area contributed by atoms with E-state index < -0.39 is 0 Å². The number of para-hydroxylation sites is 2. The van der Waals surface area contributed by atoms with E-state index in [9.17, 15) is 10.1 Å². The van der Waals surface area contributed by atoms with Gasteiger partial charge in [-0.2, -0.15) is 0 Å². The van der Waals surface area contributed by atoms with Gasteiger partial charge in [-0.15, -0.1) is 0 Å². The molecule has 0 amide bonds. The van der Waals surface area contributed by atoms with Crippen molar-refractivity contribution in [1.29, 1.82) is 0 Å². The van der Waals surface area contributed by atoms with Crippen LogP contribution in [-0.4, -0.2) is 11.0 Å². The van der Waals surface area contributed by atoms with E-state index in [1.807, 2.05) is 6.07 Å². The van der Waals surface area contributed by atoms with Gasteiger partial charge in [0, 0.05) is 16.6 Å². The number of nitro groups is 1. The molecule has 0 spiro atoms. The first-order valence-electron chi connectivity index (χ1n) is 6.89. The summed E-state index contributed by atoms with van der Waals surface area (Å²) >= 11 is 3.44. The van der Waals surface area contributed by atoms with E-state index in [0.29, 0.717) is 17.6 Å². The molecule has 1 saturated carbocycles. The first kappa shape index (κ1) is 14.1. The molecule has 2 aromatic rings. The lowest BCUT2D eigenvalue weighted by Crippen LogP contribution is -2.34. The monoisotopic (exact) mass is 346 g/mol. The van der Waals surface area contributed by atoms with Crippen molar-refractivity contribution in [3.8, 4) is 0 Å². The largest absolute Gasteiger partial charge is 0.377 e. The molecular weight excluding hydrogens is 332 g/mol. The van der Waals surface area contributed by atoms with Gasteiger partial charge in [0.2, 0.25) is 0 Å². The smallest absolute Gasteiger partial charge is 0.292 e. The first-order chi connectivity index (χ1) is 10.1. The van der Waals surface area contributed by atoms with Crippen LogP contribution in [-0.2, 0) is 0 Å². The first-order valence-corrected chi connectivity index (χ1v) is 7.68. The molecule has 0 radical (unpaired) electrons. The summed E-state index contributed by atoms with van der Waals surface area (Å²) in [4.78, 5) is 10.6. The number of nitro benzene ring substituents is 1. The lowest BCUT2D eigenvalue weighted by Gasteiger charge is -2.36. The van der Waals surface area contributed by atoms with Gasteiger partial charge in [-0.05, 0) is 42.5 Å². The Hall–Kier alpha value is -1.88. The van der Waals surface area contributed by atoms with Crippen LogP contribution >= 0.6 is 15.9 Å². The molecule has 2 aromatic carbocycles. The molecule has 0 heterocycles. The highest BCUT2D eigenvalue weighted by Gasteiger charge is 2.31. The molecule has 3 rings (SSSR count). The van der Waals surface area contributed by atoms with E-state index >= 15 is 0 Å². The van der Waals surface area contributed by atoms with Gasteiger partial charge in [0.25, 0.3) is 5.69 Å². The predicted octanol–water partition coefficient (Wildman–Crippen LogP) is 4.72. The molecule has 1 N–H and O–H groups in total. The fraction of sp³-hybridized carbons (Fsp3) is 0.250. The maximum absolute atomic E-state index is 11.0. The van der Waals surface area contributed by atoms with Gasteiger partial charge in [0.1, 0.15) is 5.69 Å². The Morgan fingerprint density at radius 2 is 1.76 bits per heavy atom. The van der Waals surface area contributed by atoms with Gasteiger partial charge in [-0.3, -0.25) is 10.1 Å². The van der Waals surface area contributed by atoms with E-state index in [-0.39, 0.29) is 10.6 Å². The molecular formula is C16H15BrN2O2. The Kier molecular flexibility index (Phi) is 3.92. The summed E-state index contributed by atoms with van der Waals surface area (Å²) in [5.74, 6) is 0.540. The number of anilines is 1. The van der Waals surface area contributed by atoms with Crippen LogP contribution in [0.25, 0.3) is 0 Å². The third kappa shape index (κ3) is 3.08. The minimum atomic E-state index is -0.340. The number of hydrogen-bond acceptors (Lipinski definition) is 3. The number of halogens is 1. The lowest BCUT2D eigenvalue weighted by molar-refractivity contribution is -0.384. The van der Waals surface area contributed by atoms with E-state index in [0.717, 1.165) is 17.3 Å². The topological polar surface area (TPSA) is 55.2 Å². The minimum absolute atomic E-state index is 0.143. The van der Waals surface area contributed by atoms with E-state index in [2.05, 4.69) is 45.5 Å². The summed E-state index contributed by atoms with van der Waals surface area (Å²) in [6.07, 6.45) is 2.02. The summed E-state index contributed by atoms with van der Waals surface area (Å²) in [5.41, 5.74) is 2.09. The summed E-state index contributed by atoms with van der Waals surface area (Å²) in [6, 6.07) is 15.5. The Bertz CT molecular complexity index is 652. The highest BCUT2D eigenvalue weighted by molar-refractivity contribution is 9.10. The molecule has 21 heavy (non-hydrogen) atoms. The molecule has 0 unspecified atom stereocenters. The second-order valence-corrected chi connectivity index (χ2v) is 6.25. The quantitative estimate of drug-likeness (QED) is 0.643. The van der Waals surface area contributed by atoms with E-state index in [1.54, 1.807) is 12.1 Å². The van der Waals surface area contributed by atoms with Crippen LogP contribution in [0.1, 0.15) is 24.3 Å². The van der Waals surface area contributed by atoms with Gasteiger partial charge in [-0.25, -0.2) is 0 Å². The zero-order valence-electron chi connectivity index (χ0n) is 11.3. The average Bonchev–Trinajstić information content (AvgIpc) is 2.44. The zero-order valence-corrected chi connectivity index (χ0v) is 12.9. The number of benzene rings is 2. The highest BCUT2D eigenvalue weighted by Crippen LogP contribution is 2.39. The molecule has 1 aliphatic rings. The van der Waals surface area contributed by atoms with Crippen molar-refractivity contribution in [1.82, 2.24) is 0 Å². The maximum atomic E-state index is 11.0. The molecule has 108 valence electrons. The molecule has 1 aliphatic carbocycles. The second-order valence-electron chi connectivity index (χ2n) is 5.34. The van der Waals surface area contributed by atoms with Crippen molar-refractivity contribution in [3.63, 3.8) is 0 Å². The van der Waals surface area contributed by atoms with Crippen LogP contribution in [0.5, 0.6) is 0 Å². The molecule has 4 nitrogen and oxygen atoms in total. The van der Waals surface area contributed by atoms with Crippen molar-refractivity contribution < 1.29 is 4.92 Å². The van der Waals surface area contributed by atoms with Gasteiger partial charge < -0.3 is 5.32 Å². The normalized spacial score (nSPS) is 20.6. The van der Waals surface area contributed by atoms with E-state index in [4.69, 9.17) is 0 Å². The molecule has 0 atom stereocenters. The summed E-state index contributed by atoms with van der Waals surface area (Å²) in [5, 5.41) is 14.3.